The number of phenols is 2. The molecular formula is C19H23NO3. The Morgan fingerprint density at radius 1 is 1.13 bits per heavy atom. The molecule has 0 amide bonds. The molecule has 3 unspecified atom stereocenters. The molecule has 4 nitrogen and oxygen atoms in total. The molecule has 0 fully saturated rings. The molecule has 0 aromatic heterocycles. The van der Waals surface area contributed by atoms with Gasteiger partial charge in [0.2, 0.25) is 0 Å². The van der Waals surface area contributed by atoms with Crippen molar-refractivity contribution in [3.8, 4) is 11.5 Å². The third kappa shape index (κ3) is 3.19. The van der Waals surface area contributed by atoms with Crippen LogP contribution in [0.4, 0.5) is 0 Å². The van der Waals surface area contributed by atoms with Gasteiger partial charge in [-0.25, -0.2) is 0 Å². The number of benzene rings is 2. The van der Waals surface area contributed by atoms with E-state index in [1.54, 1.807) is 6.07 Å². The van der Waals surface area contributed by atoms with Crippen LogP contribution in [0.3, 0.4) is 0 Å². The van der Waals surface area contributed by atoms with Gasteiger partial charge in [0.1, 0.15) is 0 Å². The summed E-state index contributed by atoms with van der Waals surface area (Å²) in [6, 6.07) is 13.4. The Labute approximate surface area is 136 Å². The fourth-order valence-electron chi connectivity index (χ4n) is 3.30. The van der Waals surface area contributed by atoms with Crippen LogP contribution in [0.2, 0.25) is 0 Å². The van der Waals surface area contributed by atoms with Crippen molar-refractivity contribution in [2.45, 2.75) is 37.8 Å². The Balaban J connectivity index is 1.67. The summed E-state index contributed by atoms with van der Waals surface area (Å²) < 4.78 is 0. The number of fused-ring (bicyclic) bond motifs is 1. The number of rotatable bonds is 4. The zero-order chi connectivity index (χ0) is 16.4. The van der Waals surface area contributed by atoms with Crippen molar-refractivity contribution < 1.29 is 15.3 Å². The van der Waals surface area contributed by atoms with Gasteiger partial charge in [-0.05, 0) is 36.0 Å². The van der Waals surface area contributed by atoms with Crippen LogP contribution < -0.4 is 5.32 Å². The fraction of sp³-hybridized carbons (Fsp3) is 0.368. The molecule has 122 valence electrons. The standard InChI is InChI=1S/C19H23NO3/c1-12(13-5-3-2-4-6-13)11-20-16-9-7-15-14(18(16)22)8-10-17(21)19(15)23/h2-6,8,10,12,16,18,20-23H,7,9,11H2,1H3. The van der Waals surface area contributed by atoms with Crippen LogP contribution >= 0.6 is 0 Å². The maximum Gasteiger partial charge on any atom is 0.161 e. The van der Waals surface area contributed by atoms with Gasteiger partial charge >= 0.3 is 0 Å². The van der Waals surface area contributed by atoms with Crippen LogP contribution in [0.15, 0.2) is 42.5 Å². The van der Waals surface area contributed by atoms with Gasteiger partial charge in [0, 0.05) is 18.2 Å². The normalized spacial score (nSPS) is 21.7. The fourth-order valence-corrected chi connectivity index (χ4v) is 3.30. The summed E-state index contributed by atoms with van der Waals surface area (Å²) in [6.07, 6.45) is 0.699. The van der Waals surface area contributed by atoms with Crippen LogP contribution in [0.1, 0.15) is 42.1 Å². The van der Waals surface area contributed by atoms with Crippen molar-refractivity contribution in [2.24, 2.45) is 0 Å². The second kappa shape index (κ2) is 6.60. The highest BCUT2D eigenvalue weighted by Crippen LogP contribution is 2.39. The molecule has 0 saturated heterocycles. The minimum Gasteiger partial charge on any atom is -0.504 e. The lowest BCUT2D eigenvalue weighted by Crippen LogP contribution is -2.40. The molecule has 4 heteroatoms. The molecule has 0 radical (unpaired) electrons. The highest BCUT2D eigenvalue weighted by molar-refractivity contribution is 5.51. The lowest BCUT2D eigenvalue weighted by atomic mass is 9.84. The van der Waals surface area contributed by atoms with E-state index in [1.165, 1.54) is 11.6 Å². The topological polar surface area (TPSA) is 72.7 Å². The lowest BCUT2D eigenvalue weighted by molar-refractivity contribution is 0.113. The number of aliphatic hydroxyl groups is 1. The Morgan fingerprint density at radius 3 is 2.61 bits per heavy atom. The van der Waals surface area contributed by atoms with E-state index in [2.05, 4.69) is 24.4 Å². The number of hydrogen-bond donors (Lipinski definition) is 4. The van der Waals surface area contributed by atoms with Gasteiger partial charge < -0.3 is 20.6 Å². The molecule has 2 aromatic rings. The molecule has 0 saturated carbocycles. The second-order valence-electron chi connectivity index (χ2n) is 6.31. The van der Waals surface area contributed by atoms with E-state index in [-0.39, 0.29) is 17.5 Å². The zero-order valence-corrected chi connectivity index (χ0v) is 13.2. The quantitative estimate of drug-likeness (QED) is 0.655. The molecule has 1 aliphatic rings. The molecule has 4 N–H and O–H groups in total. The summed E-state index contributed by atoms with van der Waals surface area (Å²) in [6.45, 7) is 2.94. The van der Waals surface area contributed by atoms with E-state index in [4.69, 9.17) is 0 Å². The smallest absolute Gasteiger partial charge is 0.161 e. The number of aliphatic hydroxyl groups excluding tert-OH is 1. The second-order valence-corrected chi connectivity index (χ2v) is 6.31. The third-order valence-electron chi connectivity index (χ3n) is 4.76. The van der Waals surface area contributed by atoms with Crippen molar-refractivity contribution in [3.63, 3.8) is 0 Å². The zero-order valence-electron chi connectivity index (χ0n) is 13.2. The molecule has 3 atom stereocenters. The van der Waals surface area contributed by atoms with Crippen molar-refractivity contribution in [1.82, 2.24) is 5.32 Å². The maximum atomic E-state index is 10.6. The number of nitrogens with one attached hydrogen (secondary N) is 1. The van der Waals surface area contributed by atoms with E-state index < -0.39 is 6.10 Å². The van der Waals surface area contributed by atoms with Crippen LogP contribution in [0, 0.1) is 0 Å². The van der Waals surface area contributed by atoms with E-state index in [0.717, 1.165) is 13.0 Å². The van der Waals surface area contributed by atoms with Gasteiger partial charge in [0.25, 0.3) is 0 Å². The van der Waals surface area contributed by atoms with Gasteiger partial charge in [-0.2, -0.15) is 0 Å². The summed E-state index contributed by atoms with van der Waals surface area (Å²) >= 11 is 0. The monoisotopic (exact) mass is 313 g/mol. The summed E-state index contributed by atoms with van der Waals surface area (Å²) in [5.41, 5.74) is 2.64. The van der Waals surface area contributed by atoms with Gasteiger partial charge in [-0.3, -0.25) is 0 Å². The molecule has 0 aliphatic heterocycles. The Bertz CT molecular complexity index is 672. The average Bonchev–Trinajstić information content (AvgIpc) is 2.58. The summed E-state index contributed by atoms with van der Waals surface area (Å²) in [5.74, 6) is 0.135. The van der Waals surface area contributed by atoms with E-state index in [0.29, 0.717) is 23.5 Å². The molecule has 3 rings (SSSR count). The van der Waals surface area contributed by atoms with Gasteiger partial charge in [0.05, 0.1) is 6.10 Å². The van der Waals surface area contributed by atoms with Crippen molar-refractivity contribution in [3.05, 3.63) is 59.2 Å². The largest absolute Gasteiger partial charge is 0.504 e. The first-order valence-electron chi connectivity index (χ1n) is 8.08. The number of hydrogen-bond acceptors (Lipinski definition) is 4. The highest BCUT2D eigenvalue weighted by atomic mass is 16.3. The Morgan fingerprint density at radius 2 is 1.87 bits per heavy atom. The van der Waals surface area contributed by atoms with Crippen molar-refractivity contribution in [2.75, 3.05) is 6.54 Å². The van der Waals surface area contributed by atoms with Gasteiger partial charge in [-0.15, -0.1) is 0 Å². The van der Waals surface area contributed by atoms with Crippen molar-refractivity contribution in [1.29, 1.82) is 0 Å². The van der Waals surface area contributed by atoms with Crippen LogP contribution in [-0.4, -0.2) is 27.9 Å². The molecular weight excluding hydrogens is 290 g/mol. The minimum atomic E-state index is -0.673. The van der Waals surface area contributed by atoms with E-state index in [9.17, 15) is 15.3 Å². The molecule has 1 aliphatic carbocycles. The first kappa shape index (κ1) is 15.8. The number of phenolic OH excluding ortho intramolecular Hbond substituents is 2. The van der Waals surface area contributed by atoms with E-state index >= 15 is 0 Å². The Kier molecular flexibility index (Phi) is 4.55. The first-order valence-corrected chi connectivity index (χ1v) is 8.08. The average molecular weight is 313 g/mol. The molecule has 0 heterocycles. The maximum absolute atomic E-state index is 10.6. The predicted octanol–water partition coefficient (Wildman–Crippen LogP) is 2.84. The molecule has 0 bridgehead atoms. The summed E-state index contributed by atoms with van der Waals surface area (Å²) in [5, 5.41) is 33.5. The SMILES string of the molecule is CC(CNC1CCc2c(ccc(O)c2O)C1O)c1ccccc1. The highest BCUT2D eigenvalue weighted by Gasteiger charge is 2.30. The summed E-state index contributed by atoms with van der Waals surface area (Å²) in [4.78, 5) is 0. The van der Waals surface area contributed by atoms with Gasteiger partial charge in [0.15, 0.2) is 11.5 Å². The minimum absolute atomic E-state index is 0.0439. The van der Waals surface area contributed by atoms with E-state index in [1.807, 2.05) is 18.2 Å². The molecule has 23 heavy (non-hydrogen) atoms. The van der Waals surface area contributed by atoms with Crippen LogP contribution in [-0.2, 0) is 6.42 Å². The van der Waals surface area contributed by atoms with Crippen LogP contribution in [0.5, 0.6) is 11.5 Å². The lowest BCUT2D eigenvalue weighted by Gasteiger charge is -2.32. The summed E-state index contributed by atoms with van der Waals surface area (Å²) in [7, 11) is 0. The van der Waals surface area contributed by atoms with Crippen LogP contribution in [0.25, 0.3) is 0 Å². The Hall–Kier alpha value is -2.04. The van der Waals surface area contributed by atoms with Gasteiger partial charge in [-0.1, -0.05) is 43.3 Å². The molecule has 0 spiro atoms. The number of aromatic hydroxyl groups is 2. The first-order chi connectivity index (χ1) is 11.1. The predicted molar refractivity (Wildman–Crippen MR) is 89.7 cm³/mol. The third-order valence-corrected chi connectivity index (χ3v) is 4.76. The van der Waals surface area contributed by atoms with Crippen molar-refractivity contribution >= 4 is 0 Å². The molecule has 2 aromatic carbocycles.